The molecule has 3 rings (SSSR count). The quantitative estimate of drug-likeness (QED) is 0.669. The van der Waals surface area contributed by atoms with Gasteiger partial charge in [-0.15, -0.1) is 11.3 Å². The highest BCUT2D eigenvalue weighted by atomic mass is 32.1. The van der Waals surface area contributed by atoms with Gasteiger partial charge in [0.25, 0.3) is 0 Å². The molecule has 0 aliphatic rings. The van der Waals surface area contributed by atoms with E-state index in [9.17, 15) is 4.79 Å². The highest BCUT2D eigenvalue weighted by Crippen LogP contribution is 2.28. The fourth-order valence-electron chi connectivity index (χ4n) is 1.78. The third-order valence-corrected chi connectivity index (χ3v) is 3.68. The number of hydrogen-bond acceptors (Lipinski definition) is 4. The summed E-state index contributed by atoms with van der Waals surface area (Å²) >= 11 is 1.37. The van der Waals surface area contributed by atoms with Crippen LogP contribution in [0.4, 0.5) is 0 Å². The van der Waals surface area contributed by atoms with E-state index in [4.69, 9.17) is 4.74 Å². The number of aryl methyl sites for hydroxylation is 1. The van der Waals surface area contributed by atoms with Gasteiger partial charge < -0.3 is 4.74 Å². The summed E-state index contributed by atoms with van der Waals surface area (Å²) in [5, 5.41) is 0.488. The maximum absolute atomic E-state index is 10.7. The van der Waals surface area contributed by atoms with E-state index < -0.39 is 0 Å². The summed E-state index contributed by atoms with van der Waals surface area (Å²) in [5.41, 5.74) is 2.02. The molecule has 2 aromatic carbocycles. The molecule has 0 spiro atoms. The first-order valence-electron chi connectivity index (χ1n) is 5.85. The van der Waals surface area contributed by atoms with E-state index in [1.807, 2.05) is 49.4 Å². The zero-order valence-corrected chi connectivity index (χ0v) is 11.1. The minimum absolute atomic E-state index is 0.488. The highest BCUT2D eigenvalue weighted by molar-refractivity contribution is 7.20. The lowest BCUT2D eigenvalue weighted by atomic mass is 10.2. The van der Waals surface area contributed by atoms with Gasteiger partial charge in [0.2, 0.25) is 0 Å². The lowest BCUT2D eigenvalue weighted by Crippen LogP contribution is -1.83. The highest BCUT2D eigenvalue weighted by Gasteiger charge is 2.05. The Morgan fingerprint density at radius 1 is 1.11 bits per heavy atom. The van der Waals surface area contributed by atoms with Gasteiger partial charge >= 0.3 is 0 Å². The second-order valence-corrected chi connectivity index (χ2v) is 5.28. The fraction of sp³-hybridized carbons (Fsp3) is 0.0667. The molecule has 0 N–H and O–H groups in total. The Morgan fingerprint density at radius 2 is 1.84 bits per heavy atom. The molecule has 0 saturated carbocycles. The number of hydrogen-bond donors (Lipinski definition) is 0. The van der Waals surface area contributed by atoms with Crippen molar-refractivity contribution in [2.24, 2.45) is 0 Å². The van der Waals surface area contributed by atoms with Gasteiger partial charge in [-0.1, -0.05) is 17.7 Å². The molecule has 3 aromatic rings. The number of nitrogens with zero attached hydrogens (tertiary/aromatic N) is 1. The zero-order valence-electron chi connectivity index (χ0n) is 10.3. The molecule has 0 aliphatic heterocycles. The molecule has 0 saturated heterocycles. The van der Waals surface area contributed by atoms with E-state index in [1.165, 1.54) is 16.9 Å². The largest absolute Gasteiger partial charge is 0.457 e. The normalized spacial score (nSPS) is 10.6. The van der Waals surface area contributed by atoms with Crippen LogP contribution in [0.2, 0.25) is 0 Å². The van der Waals surface area contributed by atoms with E-state index in [2.05, 4.69) is 4.98 Å². The third-order valence-electron chi connectivity index (χ3n) is 2.73. The first-order valence-corrected chi connectivity index (χ1v) is 6.66. The average molecular weight is 269 g/mol. The maximum atomic E-state index is 10.7. The molecule has 1 aromatic heterocycles. The van der Waals surface area contributed by atoms with Crippen LogP contribution < -0.4 is 4.74 Å². The molecule has 0 fully saturated rings. The van der Waals surface area contributed by atoms with Crippen LogP contribution >= 0.6 is 11.3 Å². The molecule has 94 valence electrons. The summed E-state index contributed by atoms with van der Waals surface area (Å²) in [5.74, 6) is 1.54. The van der Waals surface area contributed by atoms with Gasteiger partial charge in [-0.05, 0) is 31.2 Å². The topological polar surface area (TPSA) is 39.2 Å². The minimum Gasteiger partial charge on any atom is -0.457 e. The van der Waals surface area contributed by atoms with Crippen molar-refractivity contribution in [3.63, 3.8) is 0 Å². The number of rotatable bonds is 3. The molecule has 0 unspecified atom stereocenters. The van der Waals surface area contributed by atoms with Crippen LogP contribution in [-0.2, 0) is 0 Å². The average Bonchev–Trinajstić information content (AvgIpc) is 2.83. The summed E-state index contributed by atoms with van der Waals surface area (Å²) < 4.78 is 6.73. The Kier molecular flexibility index (Phi) is 3.01. The first kappa shape index (κ1) is 11.9. The van der Waals surface area contributed by atoms with Gasteiger partial charge in [0, 0.05) is 6.07 Å². The standard InChI is InChI=1S/C15H11NO2S/c1-10-2-4-11(5-3-10)18-12-6-7-13-14(8-12)19-15(9-17)16-13/h2-9H,1H3. The Bertz CT molecular complexity index is 731. The number of carbonyl (C=O) groups excluding carboxylic acids is 1. The lowest BCUT2D eigenvalue weighted by molar-refractivity contribution is 0.112. The van der Waals surface area contributed by atoms with E-state index in [0.29, 0.717) is 5.01 Å². The molecule has 19 heavy (non-hydrogen) atoms. The van der Waals surface area contributed by atoms with Crippen molar-refractivity contribution >= 4 is 27.8 Å². The van der Waals surface area contributed by atoms with Crippen LogP contribution in [0, 0.1) is 6.92 Å². The Labute approximate surface area is 114 Å². The van der Waals surface area contributed by atoms with Crippen LogP contribution in [0.3, 0.4) is 0 Å². The Balaban J connectivity index is 1.92. The Morgan fingerprint density at radius 3 is 2.58 bits per heavy atom. The number of thiazole rings is 1. The first-order chi connectivity index (χ1) is 9.24. The zero-order chi connectivity index (χ0) is 13.2. The van der Waals surface area contributed by atoms with Gasteiger partial charge in [0.15, 0.2) is 11.3 Å². The number of fused-ring (bicyclic) bond motifs is 1. The van der Waals surface area contributed by atoms with Gasteiger partial charge in [0.05, 0.1) is 10.2 Å². The van der Waals surface area contributed by atoms with Crippen LogP contribution in [0.1, 0.15) is 15.4 Å². The smallest absolute Gasteiger partial charge is 0.178 e. The molecule has 0 aliphatic carbocycles. The van der Waals surface area contributed by atoms with Gasteiger partial charge in [-0.3, -0.25) is 4.79 Å². The molecule has 0 bridgehead atoms. The summed E-state index contributed by atoms with van der Waals surface area (Å²) in [6.45, 7) is 2.04. The van der Waals surface area contributed by atoms with Crippen molar-refractivity contribution in [2.75, 3.05) is 0 Å². The van der Waals surface area contributed by atoms with Gasteiger partial charge in [-0.2, -0.15) is 0 Å². The van der Waals surface area contributed by atoms with Crippen molar-refractivity contribution < 1.29 is 9.53 Å². The van der Waals surface area contributed by atoms with E-state index in [0.717, 1.165) is 28.0 Å². The number of aromatic nitrogens is 1. The lowest BCUT2D eigenvalue weighted by Gasteiger charge is -2.05. The van der Waals surface area contributed by atoms with Crippen molar-refractivity contribution in [3.8, 4) is 11.5 Å². The molecule has 0 amide bonds. The number of carbonyl (C=O) groups is 1. The fourth-order valence-corrected chi connectivity index (χ4v) is 2.59. The summed E-state index contributed by atoms with van der Waals surface area (Å²) in [7, 11) is 0. The predicted molar refractivity (Wildman–Crippen MR) is 76.3 cm³/mol. The summed E-state index contributed by atoms with van der Waals surface area (Å²) in [6, 6.07) is 13.5. The SMILES string of the molecule is Cc1ccc(Oc2ccc3nc(C=O)sc3c2)cc1. The van der Waals surface area contributed by atoms with E-state index >= 15 is 0 Å². The van der Waals surface area contributed by atoms with Crippen LogP contribution in [0.15, 0.2) is 42.5 Å². The van der Waals surface area contributed by atoms with Gasteiger partial charge in [-0.25, -0.2) is 4.98 Å². The molecule has 1 heterocycles. The van der Waals surface area contributed by atoms with Crippen LogP contribution in [0.25, 0.3) is 10.2 Å². The van der Waals surface area contributed by atoms with Gasteiger partial charge in [0.1, 0.15) is 11.5 Å². The predicted octanol–water partition coefficient (Wildman–Crippen LogP) is 4.21. The van der Waals surface area contributed by atoms with Crippen molar-refractivity contribution in [1.82, 2.24) is 4.98 Å². The molecule has 4 heteroatoms. The second kappa shape index (κ2) is 4.82. The molecule has 0 radical (unpaired) electrons. The number of benzene rings is 2. The summed E-state index contributed by atoms with van der Waals surface area (Å²) in [4.78, 5) is 14.9. The molecule has 3 nitrogen and oxygen atoms in total. The summed E-state index contributed by atoms with van der Waals surface area (Å²) in [6.07, 6.45) is 0.769. The van der Waals surface area contributed by atoms with E-state index in [-0.39, 0.29) is 0 Å². The van der Waals surface area contributed by atoms with Crippen LogP contribution in [-0.4, -0.2) is 11.3 Å². The van der Waals surface area contributed by atoms with E-state index in [1.54, 1.807) is 0 Å². The Hall–Kier alpha value is -2.20. The van der Waals surface area contributed by atoms with Crippen LogP contribution in [0.5, 0.6) is 11.5 Å². The monoisotopic (exact) mass is 269 g/mol. The molecular weight excluding hydrogens is 258 g/mol. The van der Waals surface area contributed by atoms with Crippen molar-refractivity contribution in [1.29, 1.82) is 0 Å². The molecular formula is C15H11NO2S. The second-order valence-electron chi connectivity index (χ2n) is 4.21. The maximum Gasteiger partial charge on any atom is 0.178 e. The number of aldehydes is 1. The van der Waals surface area contributed by atoms with Crippen molar-refractivity contribution in [3.05, 3.63) is 53.0 Å². The molecule has 0 atom stereocenters. The minimum atomic E-state index is 0.488. The number of ether oxygens (including phenoxy) is 1. The van der Waals surface area contributed by atoms with Crippen molar-refractivity contribution in [2.45, 2.75) is 6.92 Å². The third kappa shape index (κ3) is 2.48.